The van der Waals surface area contributed by atoms with Gasteiger partial charge in [0.15, 0.2) is 0 Å². The summed E-state index contributed by atoms with van der Waals surface area (Å²) in [5, 5.41) is 9.17. The monoisotopic (exact) mass is 323 g/mol. The van der Waals surface area contributed by atoms with Gasteiger partial charge in [-0.2, -0.15) is 0 Å². The Morgan fingerprint density at radius 2 is 1.82 bits per heavy atom. The van der Waals surface area contributed by atoms with Crippen molar-refractivity contribution in [3.05, 3.63) is 65.5 Å². The number of hydrogen-bond acceptors (Lipinski definition) is 3. The van der Waals surface area contributed by atoms with Crippen molar-refractivity contribution >= 4 is 10.0 Å². The summed E-state index contributed by atoms with van der Waals surface area (Å²) in [5.41, 5.74) is 0.819. The van der Waals surface area contributed by atoms with Crippen molar-refractivity contribution in [3.8, 4) is 0 Å². The second kappa shape index (κ2) is 7.00. The van der Waals surface area contributed by atoms with E-state index in [1.807, 2.05) is 6.07 Å². The molecule has 6 heteroatoms. The summed E-state index contributed by atoms with van der Waals surface area (Å²) >= 11 is 0. The minimum atomic E-state index is -3.88. The van der Waals surface area contributed by atoms with Crippen LogP contribution in [-0.4, -0.2) is 20.1 Å². The smallest absolute Gasteiger partial charge is 0.241 e. The van der Waals surface area contributed by atoms with Gasteiger partial charge in [0.1, 0.15) is 5.82 Å². The van der Waals surface area contributed by atoms with Crippen LogP contribution < -0.4 is 4.72 Å². The van der Waals surface area contributed by atoms with E-state index in [2.05, 4.69) is 4.72 Å². The molecule has 2 aromatic rings. The molecule has 22 heavy (non-hydrogen) atoms. The van der Waals surface area contributed by atoms with E-state index >= 15 is 0 Å². The van der Waals surface area contributed by atoms with Crippen molar-refractivity contribution in [1.82, 2.24) is 4.72 Å². The van der Waals surface area contributed by atoms with Gasteiger partial charge in [-0.15, -0.1) is 0 Å². The molecular weight excluding hydrogens is 305 g/mol. The lowest BCUT2D eigenvalue weighted by Crippen LogP contribution is -2.30. The van der Waals surface area contributed by atoms with Gasteiger partial charge in [0.2, 0.25) is 10.0 Å². The Hall–Kier alpha value is -1.76. The molecule has 0 unspecified atom stereocenters. The number of halogens is 1. The van der Waals surface area contributed by atoms with Crippen LogP contribution in [0.4, 0.5) is 4.39 Å². The molecule has 0 aliphatic carbocycles. The maximum absolute atomic E-state index is 13.6. The molecule has 0 saturated carbocycles. The standard InChI is InChI=1S/C16H18FNO3S/c1-12-14(17)8-5-9-16(12)22(20,21)18-15(10-11-19)13-6-3-2-4-7-13/h2-9,15,18-19H,10-11H2,1H3/t15-/m1/s1. The Morgan fingerprint density at radius 1 is 1.14 bits per heavy atom. The van der Waals surface area contributed by atoms with Crippen molar-refractivity contribution in [3.63, 3.8) is 0 Å². The first-order valence-corrected chi connectivity index (χ1v) is 8.37. The van der Waals surface area contributed by atoms with Crippen LogP contribution in [0.15, 0.2) is 53.4 Å². The fraction of sp³-hybridized carbons (Fsp3) is 0.250. The fourth-order valence-electron chi connectivity index (χ4n) is 2.24. The van der Waals surface area contributed by atoms with Crippen LogP contribution in [0, 0.1) is 12.7 Å². The van der Waals surface area contributed by atoms with E-state index in [-0.39, 0.29) is 23.5 Å². The molecule has 0 heterocycles. The SMILES string of the molecule is Cc1c(F)cccc1S(=O)(=O)N[C@H](CCO)c1ccccc1. The number of rotatable bonds is 6. The second-order valence-electron chi connectivity index (χ2n) is 4.96. The molecular formula is C16H18FNO3S. The van der Waals surface area contributed by atoms with E-state index in [9.17, 15) is 12.8 Å². The molecule has 0 aliphatic rings. The summed E-state index contributed by atoms with van der Waals surface area (Å²) in [6.07, 6.45) is 0.234. The first-order valence-electron chi connectivity index (χ1n) is 6.89. The molecule has 118 valence electrons. The number of aliphatic hydroxyl groups is 1. The van der Waals surface area contributed by atoms with Crippen LogP contribution in [0.5, 0.6) is 0 Å². The van der Waals surface area contributed by atoms with Gasteiger partial charge in [-0.05, 0) is 31.0 Å². The zero-order valence-corrected chi connectivity index (χ0v) is 13.0. The first-order chi connectivity index (χ1) is 10.5. The largest absolute Gasteiger partial charge is 0.396 e. The summed E-state index contributed by atoms with van der Waals surface area (Å²) < 4.78 is 41.1. The Morgan fingerprint density at radius 3 is 2.45 bits per heavy atom. The average Bonchev–Trinajstić information content (AvgIpc) is 2.50. The number of sulfonamides is 1. The van der Waals surface area contributed by atoms with Gasteiger partial charge in [-0.1, -0.05) is 36.4 Å². The maximum atomic E-state index is 13.6. The van der Waals surface area contributed by atoms with E-state index in [1.165, 1.54) is 25.1 Å². The van der Waals surface area contributed by atoms with Crippen LogP contribution in [-0.2, 0) is 10.0 Å². The number of benzene rings is 2. The highest BCUT2D eigenvalue weighted by atomic mass is 32.2. The van der Waals surface area contributed by atoms with Crippen LogP contribution in [0.25, 0.3) is 0 Å². The predicted molar refractivity (Wildman–Crippen MR) is 82.3 cm³/mol. The Labute approximate surface area is 129 Å². The highest BCUT2D eigenvalue weighted by Gasteiger charge is 2.23. The fourth-order valence-corrected chi connectivity index (χ4v) is 3.75. The number of hydrogen-bond donors (Lipinski definition) is 2. The summed E-state index contributed by atoms with van der Waals surface area (Å²) in [4.78, 5) is -0.0913. The quantitative estimate of drug-likeness (QED) is 0.858. The summed E-state index contributed by atoms with van der Waals surface area (Å²) in [7, 11) is -3.88. The molecule has 2 N–H and O–H groups in total. The highest BCUT2D eigenvalue weighted by molar-refractivity contribution is 7.89. The third kappa shape index (κ3) is 3.71. The minimum Gasteiger partial charge on any atom is -0.396 e. The van der Waals surface area contributed by atoms with Crippen molar-refractivity contribution in [2.45, 2.75) is 24.3 Å². The molecule has 0 bridgehead atoms. The first kappa shape index (κ1) is 16.6. The van der Waals surface area contributed by atoms with E-state index in [4.69, 9.17) is 5.11 Å². The average molecular weight is 323 g/mol. The minimum absolute atomic E-state index is 0.0748. The molecule has 2 aromatic carbocycles. The van der Waals surface area contributed by atoms with E-state index in [1.54, 1.807) is 24.3 Å². The van der Waals surface area contributed by atoms with Crippen LogP contribution in [0.2, 0.25) is 0 Å². The number of nitrogens with one attached hydrogen (secondary N) is 1. The molecule has 0 aromatic heterocycles. The predicted octanol–water partition coefficient (Wildman–Crippen LogP) is 2.54. The molecule has 0 fully saturated rings. The number of aliphatic hydroxyl groups excluding tert-OH is 1. The maximum Gasteiger partial charge on any atom is 0.241 e. The summed E-state index contributed by atoms with van der Waals surface area (Å²) in [5.74, 6) is -0.568. The lowest BCUT2D eigenvalue weighted by molar-refractivity contribution is 0.272. The molecule has 0 radical (unpaired) electrons. The van der Waals surface area contributed by atoms with E-state index in [0.29, 0.717) is 0 Å². The van der Waals surface area contributed by atoms with Crippen LogP contribution in [0.3, 0.4) is 0 Å². The highest BCUT2D eigenvalue weighted by Crippen LogP contribution is 2.23. The molecule has 0 aliphatic heterocycles. The lowest BCUT2D eigenvalue weighted by atomic mass is 10.1. The van der Waals surface area contributed by atoms with Gasteiger partial charge in [0, 0.05) is 18.2 Å². The van der Waals surface area contributed by atoms with Gasteiger partial charge in [0.25, 0.3) is 0 Å². The molecule has 0 spiro atoms. The summed E-state index contributed by atoms with van der Waals surface area (Å²) in [6.45, 7) is 1.26. The zero-order valence-electron chi connectivity index (χ0n) is 12.2. The van der Waals surface area contributed by atoms with Gasteiger partial charge < -0.3 is 5.11 Å². The van der Waals surface area contributed by atoms with Crippen LogP contribution >= 0.6 is 0 Å². The van der Waals surface area contributed by atoms with Crippen LogP contribution in [0.1, 0.15) is 23.6 Å². The van der Waals surface area contributed by atoms with Gasteiger partial charge in [-0.3, -0.25) is 0 Å². The Bertz CT molecular complexity index is 732. The van der Waals surface area contributed by atoms with Gasteiger partial charge >= 0.3 is 0 Å². The third-order valence-electron chi connectivity index (χ3n) is 3.42. The Balaban J connectivity index is 2.35. The lowest BCUT2D eigenvalue weighted by Gasteiger charge is -2.19. The molecule has 0 amide bonds. The molecule has 4 nitrogen and oxygen atoms in total. The molecule has 2 rings (SSSR count). The Kier molecular flexibility index (Phi) is 5.28. The normalized spacial score (nSPS) is 13.0. The van der Waals surface area contributed by atoms with Crippen molar-refractivity contribution < 1.29 is 17.9 Å². The second-order valence-corrected chi connectivity index (χ2v) is 6.64. The third-order valence-corrected chi connectivity index (χ3v) is 5.04. The molecule has 0 saturated heterocycles. The van der Waals surface area contributed by atoms with E-state index < -0.39 is 21.9 Å². The van der Waals surface area contributed by atoms with Gasteiger partial charge in [0.05, 0.1) is 4.90 Å². The van der Waals surface area contributed by atoms with Gasteiger partial charge in [-0.25, -0.2) is 17.5 Å². The topological polar surface area (TPSA) is 66.4 Å². The molecule has 1 atom stereocenters. The van der Waals surface area contributed by atoms with Crippen molar-refractivity contribution in [1.29, 1.82) is 0 Å². The zero-order chi connectivity index (χ0) is 16.2. The summed E-state index contributed by atoms with van der Waals surface area (Å²) in [6, 6.07) is 12.3. The van der Waals surface area contributed by atoms with Crippen molar-refractivity contribution in [2.24, 2.45) is 0 Å². The van der Waals surface area contributed by atoms with Crippen molar-refractivity contribution in [2.75, 3.05) is 6.61 Å². The van der Waals surface area contributed by atoms with E-state index in [0.717, 1.165) is 5.56 Å².